The highest BCUT2D eigenvalue weighted by Crippen LogP contribution is 2.47. The van der Waals surface area contributed by atoms with Gasteiger partial charge in [0.05, 0.1) is 11.4 Å². The molecule has 3 N–H and O–H groups in total. The molecular formula is C29H23ClN4O4. The molecule has 0 aliphatic carbocycles. The average molecular weight is 527 g/mol. The molecule has 38 heavy (non-hydrogen) atoms. The highest BCUT2D eigenvalue weighted by atomic mass is 35.5. The number of hydrogen-bond donors (Lipinski definition) is 3. The van der Waals surface area contributed by atoms with Gasteiger partial charge in [-0.2, -0.15) is 0 Å². The molecule has 8 nitrogen and oxygen atoms in total. The number of alkyl halides is 1. The van der Waals surface area contributed by atoms with Gasteiger partial charge in [0, 0.05) is 41.7 Å². The number of halogens is 1. The number of rotatable bonds is 4. The summed E-state index contributed by atoms with van der Waals surface area (Å²) in [7, 11) is 0. The number of aromatic nitrogens is 2. The van der Waals surface area contributed by atoms with E-state index in [0.29, 0.717) is 40.4 Å². The summed E-state index contributed by atoms with van der Waals surface area (Å²) in [5.74, 6) is -0.357. The third-order valence-corrected chi connectivity index (χ3v) is 7.35. The molecule has 2 amide bonds. The van der Waals surface area contributed by atoms with Crippen LogP contribution in [0.2, 0.25) is 0 Å². The number of pyridine rings is 1. The number of nitrogens with one attached hydrogen (secondary N) is 1. The fourth-order valence-electron chi connectivity index (χ4n) is 5.01. The normalized spacial score (nSPS) is 14.7. The molecule has 1 aliphatic rings. The third-order valence-electron chi connectivity index (χ3n) is 6.98. The number of carbonyl (C=O) groups excluding carboxylic acids is 2. The van der Waals surface area contributed by atoms with Gasteiger partial charge in [-0.3, -0.25) is 9.59 Å². The van der Waals surface area contributed by atoms with Gasteiger partial charge in [-0.25, -0.2) is 4.98 Å². The second-order valence-corrected chi connectivity index (χ2v) is 9.72. The van der Waals surface area contributed by atoms with Crippen molar-refractivity contribution in [2.75, 3.05) is 22.6 Å². The Labute approximate surface area is 222 Å². The zero-order chi connectivity index (χ0) is 26.6. The SMILES string of the molecule is Cc1cccc2c(O)c3c(cc12)[C@H](CCl)CN3C(=O)c1cn2cc(NC(=O)c3ccc(O)cc3)ccc2n1. The lowest BCUT2D eigenvalue weighted by Crippen LogP contribution is -2.30. The molecule has 9 heteroatoms. The molecule has 0 saturated carbocycles. The van der Waals surface area contributed by atoms with Crippen molar-refractivity contribution < 1.29 is 19.8 Å². The van der Waals surface area contributed by atoms with Crippen molar-refractivity contribution in [3.8, 4) is 11.5 Å². The highest BCUT2D eigenvalue weighted by molar-refractivity contribution is 6.19. The minimum atomic E-state index is -0.348. The molecular weight excluding hydrogens is 504 g/mol. The third kappa shape index (κ3) is 3.90. The lowest BCUT2D eigenvalue weighted by molar-refractivity contribution is 0.0982. The van der Waals surface area contributed by atoms with Gasteiger partial charge in [0.1, 0.15) is 22.8 Å². The molecule has 0 spiro atoms. The smallest absolute Gasteiger partial charge is 0.278 e. The number of hydrogen-bond acceptors (Lipinski definition) is 5. The van der Waals surface area contributed by atoms with E-state index in [1.54, 1.807) is 33.8 Å². The topological polar surface area (TPSA) is 107 Å². The summed E-state index contributed by atoms with van der Waals surface area (Å²) in [5.41, 5.74) is 3.99. The second-order valence-electron chi connectivity index (χ2n) is 9.41. The molecule has 0 saturated heterocycles. The second kappa shape index (κ2) is 9.08. The van der Waals surface area contributed by atoms with Crippen LogP contribution in [0.15, 0.2) is 73.1 Å². The number of carbonyl (C=O) groups is 2. The molecule has 2 aromatic heterocycles. The number of phenols is 2. The molecule has 0 radical (unpaired) electrons. The van der Waals surface area contributed by atoms with E-state index in [9.17, 15) is 19.8 Å². The summed E-state index contributed by atoms with van der Waals surface area (Å²) in [6, 6.07) is 17.1. The van der Waals surface area contributed by atoms with E-state index in [4.69, 9.17) is 11.6 Å². The van der Waals surface area contributed by atoms with Crippen LogP contribution in [0.4, 0.5) is 11.4 Å². The van der Waals surface area contributed by atoms with Gasteiger partial charge in [0.2, 0.25) is 0 Å². The minimum Gasteiger partial charge on any atom is -0.508 e. The standard InChI is InChI=1S/C29H23ClN4O4/c1-16-3-2-4-21-22(16)11-23-18(12-30)13-34(26(23)27(21)36)29(38)24-15-33-14-19(7-10-25(33)32-24)31-28(37)17-5-8-20(35)9-6-17/h2-11,14-15,18,35-36H,12-13H2,1H3,(H,31,37)/t18-/m1/s1. The Morgan fingerprint density at radius 2 is 1.84 bits per heavy atom. The first-order valence-electron chi connectivity index (χ1n) is 12.1. The molecule has 5 aromatic rings. The van der Waals surface area contributed by atoms with Gasteiger partial charge >= 0.3 is 0 Å². The molecule has 1 atom stereocenters. The Morgan fingerprint density at radius 1 is 1.05 bits per heavy atom. The van der Waals surface area contributed by atoms with Crippen molar-refractivity contribution in [3.05, 3.63) is 95.4 Å². The van der Waals surface area contributed by atoms with Gasteiger partial charge in [0.15, 0.2) is 0 Å². The Balaban J connectivity index is 1.32. The largest absolute Gasteiger partial charge is 0.508 e. The van der Waals surface area contributed by atoms with Crippen molar-refractivity contribution in [1.82, 2.24) is 9.38 Å². The molecule has 3 aromatic carbocycles. The number of anilines is 2. The van der Waals surface area contributed by atoms with Crippen LogP contribution in [-0.2, 0) is 0 Å². The van der Waals surface area contributed by atoms with E-state index in [-0.39, 0.29) is 34.9 Å². The first kappa shape index (κ1) is 23.8. The van der Waals surface area contributed by atoms with E-state index in [1.807, 2.05) is 31.2 Å². The van der Waals surface area contributed by atoms with Gasteiger partial charge in [0.25, 0.3) is 11.8 Å². The number of aryl methyl sites for hydroxylation is 1. The monoisotopic (exact) mass is 526 g/mol. The van der Waals surface area contributed by atoms with E-state index in [2.05, 4.69) is 10.3 Å². The van der Waals surface area contributed by atoms with Crippen LogP contribution in [0, 0.1) is 6.92 Å². The maximum Gasteiger partial charge on any atom is 0.278 e. The van der Waals surface area contributed by atoms with Crippen LogP contribution in [0.25, 0.3) is 16.4 Å². The molecule has 0 fully saturated rings. The van der Waals surface area contributed by atoms with E-state index in [0.717, 1.165) is 16.5 Å². The quantitative estimate of drug-likeness (QED) is 0.270. The van der Waals surface area contributed by atoms with Gasteiger partial charge in [-0.1, -0.05) is 18.2 Å². The molecule has 0 unspecified atom stereocenters. The van der Waals surface area contributed by atoms with Crippen molar-refractivity contribution in [3.63, 3.8) is 0 Å². The maximum absolute atomic E-state index is 13.7. The summed E-state index contributed by atoms with van der Waals surface area (Å²) in [4.78, 5) is 32.3. The molecule has 0 bridgehead atoms. The average Bonchev–Trinajstić information content (AvgIpc) is 3.51. The van der Waals surface area contributed by atoms with E-state index in [1.165, 1.54) is 24.3 Å². The number of amides is 2. The number of imidazole rings is 1. The van der Waals surface area contributed by atoms with E-state index >= 15 is 0 Å². The summed E-state index contributed by atoms with van der Waals surface area (Å²) >= 11 is 6.28. The number of phenolic OH excluding ortho intramolecular Hbond substituents is 2. The number of nitrogens with zero attached hydrogens (tertiary/aromatic N) is 3. The van der Waals surface area contributed by atoms with Crippen molar-refractivity contribution in [2.45, 2.75) is 12.8 Å². The zero-order valence-electron chi connectivity index (χ0n) is 20.4. The van der Waals surface area contributed by atoms with Crippen LogP contribution in [-0.4, -0.2) is 43.8 Å². The molecule has 190 valence electrons. The highest BCUT2D eigenvalue weighted by Gasteiger charge is 2.36. The first-order valence-corrected chi connectivity index (χ1v) is 12.6. The summed E-state index contributed by atoms with van der Waals surface area (Å²) in [6.45, 7) is 2.32. The number of aromatic hydroxyl groups is 2. The van der Waals surface area contributed by atoms with Crippen LogP contribution < -0.4 is 10.2 Å². The summed E-state index contributed by atoms with van der Waals surface area (Å²) < 4.78 is 1.67. The fraction of sp³-hybridized carbons (Fsp3) is 0.138. The predicted molar refractivity (Wildman–Crippen MR) is 147 cm³/mol. The van der Waals surface area contributed by atoms with Crippen LogP contribution >= 0.6 is 11.6 Å². The van der Waals surface area contributed by atoms with E-state index < -0.39 is 0 Å². The van der Waals surface area contributed by atoms with Gasteiger partial charge in [-0.15, -0.1) is 11.6 Å². The number of fused-ring (bicyclic) bond motifs is 3. The minimum absolute atomic E-state index is 0.0603. The number of benzene rings is 3. The molecule has 3 heterocycles. The zero-order valence-corrected chi connectivity index (χ0v) is 21.1. The maximum atomic E-state index is 13.7. The summed E-state index contributed by atoms with van der Waals surface area (Å²) in [6.07, 6.45) is 3.27. The van der Waals surface area contributed by atoms with Crippen LogP contribution in [0.5, 0.6) is 11.5 Å². The van der Waals surface area contributed by atoms with Crippen molar-refractivity contribution in [1.29, 1.82) is 0 Å². The van der Waals surface area contributed by atoms with Crippen molar-refractivity contribution >= 4 is 51.2 Å². The van der Waals surface area contributed by atoms with Gasteiger partial charge in [-0.05, 0) is 65.9 Å². The Morgan fingerprint density at radius 3 is 2.61 bits per heavy atom. The lowest BCUT2D eigenvalue weighted by Gasteiger charge is -2.18. The summed E-state index contributed by atoms with van der Waals surface area (Å²) in [5, 5.41) is 25.1. The Bertz CT molecular complexity index is 1750. The van der Waals surface area contributed by atoms with Crippen LogP contribution in [0.3, 0.4) is 0 Å². The molecule has 6 rings (SSSR count). The first-order chi connectivity index (χ1) is 18.3. The van der Waals surface area contributed by atoms with Crippen molar-refractivity contribution in [2.24, 2.45) is 0 Å². The fourth-order valence-corrected chi connectivity index (χ4v) is 5.28. The Hall–Kier alpha value is -4.56. The molecule has 1 aliphatic heterocycles. The lowest BCUT2D eigenvalue weighted by atomic mass is 9.96. The van der Waals surface area contributed by atoms with Crippen LogP contribution in [0.1, 0.15) is 37.9 Å². The Kier molecular flexibility index (Phi) is 5.69. The predicted octanol–water partition coefficient (Wildman–Crippen LogP) is 5.44. The van der Waals surface area contributed by atoms with Gasteiger partial charge < -0.3 is 24.8 Å².